The van der Waals surface area contributed by atoms with Crippen LogP contribution in [-0.2, 0) is 0 Å². The highest BCUT2D eigenvalue weighted by Crippen LogP contribution is 2.28. The predicted octanol–water partition coefficient (Wildman–Crippen LogP) is 2.62. The predicted molar refractivity (Wildman–Crippen MR) is 94.9 cm³/mol. The van der Waals surface area contributed by atoms with Crippen LogP contribution >= 0.6 is 0 Å². The van der Waals surface area contributed by atoms with Gasteiger partial charge in [-0.2, -0.15) is 0 Å². The van der Waals surface area contributed by atoms with E-state index in [0.29, 0.717) is 18.4 Å². The Morgan fingerprint density at radius 1 is 1.16 bits per heavy atom. The van der Waals surface area contributed by atoms with Crippen LogP contribution in [0, 0.1) is 10.1 Å². The number of amides is 1. The summed E-state index contributed by atoms with van der Waals surface area (Å²) in [6.07, 6.45) is 5.86. The van der Waals surface area contributed by atoms with Crippen LogP contribution < -0.4 is 10.2 Å². The number of hydrogen-bond donors (Lipinski definition) is 2. The molecule has 1 saturated heterocycles. The fraction of sp³-hybridized carbons (Fsp3) is 0.611. The molecule has 1 heterocycles. The van der Waals surface area contributed by atoms with Crippen molar-refractivity contribution in [1.82, 2.24) is 5.32 Å². The summed E-state index contributed by atoms with van der Waals surface area (Å²) in [5.41, 5.74) is 1.09. The fourth-order valence-electron chi connectivity index (χ4n) is 3.71. The van der Waals surface area contributed by atoms with Gasteiger partial charge in [0.15, 0.2) is 0 Å². The monoisotopic (exact) mass is 347 g/mol. The molecule has 0 unspecified atom stereocenters. The molecule has 1 aromatic carbocycles. The van der Waals surface area contributed by atoms with E-state index in [2.05, 4.69) is 10.2 Å². The van der Waals surface area contributed by atoms with E-state index >= 15 is 0 Å². The third-order valence-corrected chi connectivity index (χ3v) is 5.16. The Balaban J connectivity index is 1.81. The van der Waals surface area contributed by atoms with Crippen molar-refractivity contribution < 1.29 is 14.8 Å². The Kier molecular flexibility index (Phi) is 5.53. The summed E-state index contributed by atoms with van der Waals surface area (Å²) < 4.78 is 0. The highest BCUT2D eigenvalue weighted by Gasteiger charge is 2.25. The number of nitrogens with zero attached hydrogens (tertiary/aromatic N) is 2. The van der Waals surface area contributed by atoms with Crippen molar-refractivity contribution >= 4 is 17.3 Å². The molecule has 136 valence electrons. The quantitative estimate of drug-likeness (QED) is 0.645. The number of non-ortho nitro benzene ring substituents is 1. The Morgan fingerprint density at radius 2 is 1.84 bits per heavy atom. The fourth-order valence-corrected chi connectivity index (χ4v) is 3.71. The van der Waals surface area contributed by atoms with E-state index in [1.807, 2.05) is 0 Å². The van der Waals surface area contributed by atoms with Crippen molar-refractivity contribution in [3.05, 3.63) is 33.9 Å². The lowest BCUT2D eigenvalue weighted by atomic mass is 9.93. The molecular formula is C18H25N3O4. The molecule has 2 aliphatic rings. The first kappa shape index (κ1) is 17.7. The van der Waals surface area contributed by atoms with E-state index in [9.17, 15) is 20.0 Å². The van der Waals surface area contributed by atoms with Crippen LogP contribution in [0.1, 0.15) is 55.3 Å². The number of benzene rings is 1. The Bertz CT molecular complexity index is 635. The van der Waals surface area contributed by atoms with E-state index in [1.54, 1.807) is 6.07 Å². The summed E-state index contributed by atoms with van der Waals surface area (Å²) in [7, 11) is 0. The molecule has 7 heteroatoms. The zero-order valence-electron chi connectivity index (χ0n) is 14.3. The number of anilines is 1. The summed E-state index contributed by atoms with van der Waals surface area (Å²) >= 11 is 0. The average Bonchev–Trinajstić information content (AvgIpc) is 2.63. The van der Waals surface area contributed by atoms with Gasteiger partial charge < -0.3 is 15.3 Å². The van der Waals surface area contributed by atoms with Gasteiger partial charge in [0.25, 0.3) is 11.6 Å². The minimum Gasteiger partial charge on any atom is -0.393 e. The number of rotatable bonds is 4. The first-order chi connectivity index (χ1) is 12.0. The Labute approximate surface area is 147 Å². The zero-order valence-corrected chi connectivity index (χ0v) is 14.3. The van der Waals surface area contributed by atoms with Crippen molar-refractivity contribution in [3.8, 4) is 0 Å². The lowest BCUT2D eigenvalue weighted by Crippen LogP contribution is -2.39. The van der Waals surface area contributed by atoms with Gasteiger partial charge in [-0.25, -0.2) is 0 Å². The molecule has 1 amide bonds. The molecule has 0 spiro atoms. The second kappa shape index (κ2) is 7.82. The molecule has 1 saturated carbocycles. The number of nitrogens with one attached hydrogen (secondary N) is 1. The molecule has 1 aromatic rings. The van der Waals surface area contributed by atoms with Crippen LogP contribution in [0.4, 0.5) is 11.4 Å². The minimum atomic E-state index is -0.465. The normalized spacial score (nSPS) is 24.0. The van der Waals surface area contributed by atoms with E-state index in [0.717, 1.165) is 44.5 Å². The minimum absolute atomic E-state index is 0.0179. The van der Waals surface area contributed by atoms with Gasteiger partial charge in [-0.05, 0) is 51.0 Å². The number of nitro groups is 1. The second-order valence-electron chi connectivity index (χ2n) is 6.99. The molecule has 0 atom stereocenters. The van der Waals surface area contributed by atoms with Crippen LogP contribution in [0.5, 0.6) is 0 Å². The number of aliphatic hydroxyl groups excluding tert-OH is 1. The number of hydrogen-bond acceptors (Lipinski definition) is 5. The lowest BCUT2D eigenvalue weighted by molar-refractivity contribution is -0.384. The van der Waals surface area contributed by atoms with Crippen molar-refractivity contribution in [3.63, 3.8) is 0 Å². The molecular weight excluding hydrogens is 322 g/mol. The summed E-state index contributed by atoms with van der Waals surface area (Å²) in [6, 6.07) is 4.57. The van der Waals surface area contributed by atoms with Gasteiger partial charge in [-0.3, -0.25) is 14.9 Å². The Morgan fingerprint density at radius 3 is 2.48 bits per heavy atom. The van der Waals surface area contributed by atoms with Crippen LogP contribution in [0.25, 0.3) is 0 Å². The smallest absolute Gasteiger partial charge is 0.270 e. The summed E-state index contributed by atoms with van der Waals surface area (Å²) in [5, 5.41) is 23.7. The first-order valence-electron chi connectivity index (χ1n) is 9.07. The van der Waals surface area contributed by atoms with Crippen LogP contribution in [-0.4, -0.2) is 41.2 Å². The third-order valence-electron chi connectivity index (χ3n) is 5.16. The average molecular weight is 347 g/mol. The van der Waals surface area contributed by atoms with Gasteiger partial charge in [-0.15, -0.1) is 0 Å². The van der Waals surface area contributed by atoms with Crippen LogP contribution in [0.2, 0.25) is 0 Å². The zero-order chi connectivity index (χ0) is 17.8. The van der Waals surface area contributed by atoms with Crippen molar-refractivity contribution in [2.45, 2.75) is 57.1 Å². The number of nitro benzene ring substituents is 1. The van der Waals surface area contributed by atoms with Crippen molar-refractivity contribution in [2.24, 2.45) is 0 Å². The highest BCUT2D eigenvalue weighted by molar-refractivity contribution is 6.00. The standard InChI is InChI=1S/C18H25N3O4/c22-15-7-4-13(5-8-15)19-18(23)16-12-14(21(24)25)6-9-17(16)20-10-2-1-3-11-20/h6,9,12-13,15,22H,1-5,7-8,10-11H2,(H,19,23). The van der Waals surface area contributed by atoms with E-state index in [1.165, 1.54) is 18.6 Å². The molecule has 0 radical (unpaired) electrons. The van der Waals surface area contributed by atoms with Gasteiger partial charge in [0.05, 0.1) is 22.3 Å². The largest absolute Gasteiger partial charge is 0.393 e. The van der Waals surface area contributed by atoms with Crippen LogP contribution in [0.3, 0.4) is 0 Å². The van der Waals surface area contributed by atoms with Gasteiger partial charge in [-0.1, -0.05) is 0 Å². The maximum Gasteiger partial charge on any atom is 0.270 e. The third kappa shape index (κ3) is 4.28. The maximum atomic E-state index is 12.8. The first-order valence-corrected chi connectivity index (χ1v) is 9.07. The number of carbonyl (C=O) groups excluding carboxylic acids is 1. The summed E-state index contributed by atoms with van der Waals surface area (Å²) in [4.78, 5) is 25.6. The summed E-state index contributed by atoms with van der Waals surface area (Å²) in [6.45, 7) is 1.74. The van der Waals surface area contributed by atoms with Gasteiger partial charge >= 0.3 is 0 Å². The molecule has 25 heavy (non-hydrogen) atoms. The lowest BCUT2D eigenvalue weighted by Gasteiger charge is -2.31. The number of piperidine rings is 1. The van der Waals surface area contributed by atoms with Crippen molar-refractivity contribution in [1.29, 1.82) is 0 Å². The molecule has 0 aromatic heterocycles. The number of aliphatic hydroxyl groups is 1. The van der Waals surface area contributed by atoms with Gasteiger partial charge in [0.2, 0.25) is 0 Å². The molecule has 1 aliphatic carbocycles. The highest BCUT2D eigenvalue weighted by atomic mass is 16.6. The molecule has 3 rings (SSSR count). The molecule has 0 bridgehead atoms. The maximum absolute atomic E-state index is 12.8. The van der Waals surface area contributed by atoms with Crippen molar-refractivity contribution in [2.75, 3.05) is 18.0 Å². The second-order valence-corrected chi connectivity index (χ2v) is 6.99. The van der Waals surface area contributed by atoms with Crippen LogP contribution in [0.15, 0.2) is 18.2 Å². The van der Waals surface area contributed by atoms with E-state index in [-0.39, 0.29) is 23.7 Å². The Hall–Kier alpha value is -2.15. The topological polar surface area (TPSA) is 95.7 Å². The number of carbonyl (C=O) groups is 1. The van der Waals surface area contributed by atoms with Gasteiger partial charge in [0, 0.05) is 31.3 Å². The molecule has 7 nitrogen and oxygen atoms in total. The molecule has 2 N–H and O–H groups in total. The molecule has 2 fully saturated rings. The SMILES string of the molecule is O=C(NC1CCC(O)CC1)c1cc([N+](=O)[O-])ccc1N1CCCCC1. The summed E-state index contributed by atoms with van der Waals surface area (Å²) in [5.74, 6) is -0.259. The van der Waals surface area contributed by atoms with E-state index in [4.69, 9.17) is 0 Å². The van der Waals surface area contributed by atoms with Gasteiger partial charge in [0.1, 0.15) is 0 Å². The van der Waals surface area contributed by atoms with E-state index < -0.39 is 4.92 Å². The molecule has 1 aliphatic heterocycles.